The topological polar surface area (TPSA) is 52.3 Å². The second kappa shape index (κ2) is 4.02. The van der Waals surface area contributed by atoms with Gasteiger partial charge in [0.15, 0.2) is 4.67 Å². The molecule has 0 fully saturated rings. The first-order valence-electron chi connectivity index (χ1n) is 4.29. The summed E-state index contributed by atoms with van der Waals surface area (Å²) in [7, 11) is 0. The molecule has 0 radical (unpaired) electrons. The van der Waals surface area contributed by atoms with Crippen LogP contribution in [0.1, 0.15) is 17.6 Å². The largest absolute Gasteiger partial charge is 0.469 e. The molecule has 0 saturated heterocycles. The van der Waals surface area contributed by atoms with Crippen LogP contribution in [-0.4, -0.2) is 0 Å². The molecule has 3 nitrogen and oxygen atoms in total. The third kappa shape index (κ3) is 2.08. The third-order valence-corrected chi connectivity index (χ3v) is 2.39. The van der Waals surface area contributed by atoms with Crippen LogP contribution in [0.5, 0.6) is 0 Å². The van der Waals surface area contributed by atoms with Crippen molar-refractivity contribution in [2.24, 2.45) is 5.73 Å². The molecule has 0 spiro atoms. The summed E-state index contributed by atoms with van der Waals surface area (Å²) in [6.07, 6.45) is 2.28. The summed E-state index contributed by atoms with van der Waals surface area (Å²) in [5.74, 6) is 1.62. The minimum absolute atomic E-state index is 0.160. The van der Waals surface area contributed by atoms with Crippen LogP contribution in [0.4, 0.5) is 0 Å². The Balaban J connectivity index is 2.06. The van der Waals surface area contributed by atoms with Gasteiger partial charge in [0, 0.05) is 6.42 Å². The maximum Gasteiger partial charge on any atom is 0.169 e. The molecule has 2 aromatic heterocycles. The summed E-state index contributed by atoms with van der Waals surface area (Å²) < 4.78 is 11.2. The smallest absolute Gasteiger partial charge is 0.169 e. The van der Waals surface area contributed by atoms with Gasteiger partial charge in [0.05, 0.1) is 12.3 Å². The van der Waals surface area contributed by atoms with E-state index in [0.717, 1.165) is 11.5 Å². The Bertz CT molecular complexity index is 394. The maximum atomic E-state index is 5.92. The van der Waals surface area contributed by atoms with Crippen LogP contribution in [0.3, 0.4) is 0 Å². The Morgan fingerprint density at radius 2 is 2.21 bits per heavy atom. The van der Waals surface area contributed by atoms with Gasteiger partial charge in [-0.05, 0) is 40.2 Å². The molecule has 0 aliphatic rings. The Kier molecular flexibility index (Phi) is 2.74. The fraction of sp³-hybridized carbons (Fsp3) is 0.200. The highest BCUT2D eigenvalue weighted by Gasteiger charge is 2.12. The first-order valence-corrected chi connectivity index (χ1v) is 5.08. The van der Waals surface area contributed by atoms with E-state index in [0.29, 0.717) is 11.1 Å². The second-order valence-electron chi connectivity index (χ2n) is 3.03. The quantitative estimate of drug-likeness (QED) is 0.918. The third-order valence-electron chi connectivity index (χ3n) is 1.96. The number of hydrogen-bond acceptors (Lipinski definition) is 3. The zero-order valence-corrected chi connectivity index (χ0v) is 9.03. The molecular formula is C10H10BrNO2. The van der Waals surface area contributed by atoms with Crippen molar-refractivity contribution in [1.29, 1.82) is 0 Å². The van der Waals surface area contributed by atoms with Gasteiger partial charge < -0.3 is 14.6 Å². The fourth-order valence-electron chi connectivity index (χ4n) is 1.27. The summed E-state index contributed by atoms with van der Waals surface area (Å²) in [6, 6.07) is 7.28. The first-order chi connectivity index (χ1) is 6.75. The zero-order valence-electron chi connectivity index (χ0n) is 7.44. The van der Waals surface area contributed by atoms with Gasteiger partial charge in [0.1, 0.15) is 11.5 Å². The molecule has 0 bridgehead atoms. The van der Waals surface area contributed by atoms with Crippen molar-refractivity contribution in [3.05, 3.63) is 46.7 Å². The van der Waals surface area contributed by atoms with Crippen LogP contribution in [0.25, 0.3) is 0 Å². The van der Waals surface area contributed by atoms with Crippen molar-refractivity contribution in [1.82, 2.24) is 0 Å². The standard InChI is InChI=1S/C10H10BrNO2/c11-10-4-3-9(14-10)8(12)6-7-2-1-5-13-7/h1-5,8H,6,12H2. The molecule has 2 heterocycles. The molecule has 1 unspecified atom stereocenters. The van der Waals surface area contributed by atoms with E-state index in [2.05, 4.69) is 15.9 Å². The summed E-state index contributed by atoms with van der Waals surface area (Å²) in [5, 5.41) is 0. The van der Waals surface area contributed by atoms with Gasteiger partial charge in [-0.1, -0.05) is 0 Å². The highest BCUT2D eigenvalue weighted by molar-refractivity contribution is 9.10. The normalized spacial score (nSPS) is 13.0. The van der Waals surface area contributed by atoms with E-state index < -0.39 is 0 Å². The average molecular weight is 256 g/mol. The molecule has 2 N–H and O–H groups in total. The SMILES string of the molecule is NC(Cc1ccco1)c1ccc(Br)o1. The lowest BCUT2D eigenvalue weighted by molar-refractivity contribution is 0.422. The average Bonchev–Trinajstić information content (AvgIpc) is 2.75. The molecule has 74 valence electrons. The molecule has 0 aliphatic carbocycles. The molecular weight excluding hydrogens is 246 g/mol. The van der Waals surface area contributed by atoms with Gasteiger partial charge >= 0.3 is 0 Å². The van der Waals surface area contributed by atoms with Crippen molar-refractivity contribution in [2.45, 2.75) is 12.5 Å². The van der Waals surface area contributed by atoms with Crippen molar-refractivity contribution >= 4 is 15.9 Å². The highest BCUT2D eigenvalue weighted by Crippen LogP contribution is 2.21. The van der Waals surface area contributed by atoms with Crippen LogP contribution in [0.2, 0.25) is 0 Å². The first kappa shape index (κ1) is 9.55. The summed E-state index contributed by atoms with van der Waals surface area (Å²) in [6.45, 7) is 0. The van der Waals surface area contributed by atoms with E-state index in [9.17, 15) is 0 Å². The van der Waals surface area contributed by atoms with Gasteiger partial charge in [0.2, 0.25) is 0 Å². The highest BCUT2D eigenvalue weighted by atomic mass is 79.9. The number of hydrogen-bond donors (Lipinski definition) is 1. The summed E-state index contributed by atoms with van der Waals surface area (Å²) in [5.41, 5.74) is 5.92. The van der Waals surface area contributed by atoms with E-state index in [1.807, 2.05) is 24.3 Å². The molecule has 2 aromatic rings. The van der Waals surface area contributed by atoms with Crippen molar-refractivity contribution in [3.8, 4) is 0 Å². The van der Waals surface area contributed by atoms with E-state index >= 15 is 0 Å². The summed E-state index contributed by atoms with van der Waals surface area (Å²) in [4.78, 5) is 0. The molecule has 0 saturated carbocycles. The predicted octanol–water partition coefficient (Wildman–Crippen LogP) is 2.88. The van der Waals surface area contributed by atoms with E-state index in [4.69, 9.17) is 14.6 Å². The van der Waals surface area contributed by atoms with Crippen LogP contribution < -0.4 is 5.73 Å². The van der Waals surface area contributed by atoms with Crippen LogP contribution in [0, 0.1) is 0 Å². The van der Waals surface area contributed by atoms with Gasteiger partial charge in [-0.3, -0.25) is 0 Å². The molecule has 2 rings (SSSR count). The van der Waals surface area contributed by atoms with Gasteiger partial charge in [-0.15, -0.1) is 0 Å². The van der Waals surface area contributed by atoms with Crippen molar-refractivity contribution in [3.63, 3.8) is 0 Å². The Morgan fingerprint density at radius 3 is 2.79 bits per heavy atom. The lowest BCUT2D eigenvalue weighted by atomic mass is 10.1. The maximum absolute atomic E-state index is 5.92. The van der Waals surface area contributed by atoms with Crippen molar-refractivity contribution < 1.29 is 8.83 Å². The molecule has 14 heavy (non-hydrogen) atoms. The molecule has 4 heteroatoms. The lowest BCUT2D eigenvalue weighted by Crippen LogP contribution is -2.11. The zero-order chi connectivity index (χ0) is 9.97. The minimum atomic E-state index is -0.160. The molecule has 0 aromatic carbocycles. The van der Waals surface area contributed by atoms with Gasteiger partial charge in [-0.2, -0.15) is 0 Å². The van der Waals surface area contributed by atoms with Crippen LogP contribution in [0.15, 0.2) is 44.0 Å². The number of nitrogens with two attached hydrogens (primary N) is 1. The van der Waals surface area contributed by atoms with Gasteiger partial charge in [-0.25, -0.2) is 0 Å². The number of halogens is 1. The minimum Gasteiger partial charge on any atom is -0.469 e. The molecule has 0 amide bonds. The second-order valence-corrected chi connectivity index (χ2v) is 3.81. The Labute approximate surface area is 90.0 Å². The van der Waals surface area contributed by atoms with Crippen LogP contribution in [-0.2, 0) is 6.42 Å². The number of furan rings is 2. The van der Waals surface area contributed by atoms with Crippen molar-refractivity contribution in [2.75, 3.05) is 0 Å². The fourth-order valence-corrected chi connectivity index (χ4v) is 1.59. The Morgan fingerprint density at radius 1 is 1.36 bits per heavy atom. The van der Waals surface area contributed by atoms with Gasteiger partial charge in [0.25, 0.3) is 0 Å². The monoisotopic (exact) mass is 255 g/mol. The molecule has 1 atom stereocenters. The predicted molar refractivity (Wildman–Crippen MR) is 55.7 cm³/mol. The van der Waals surface area contributed by atoms with E-state index in [1.54, 1.807) is 6.26 Å². The molecule has 0 aliphatic heterocycles. The van der Waals surface area contributed by atoms with Crippen LogP contribution >= 0.6 is 15.9 Å². The lowest BCUT2D eigenvalue weighted by Gasteiger charge is -2.05. The number of rotatable bonds is 3. The summed E-state index contributed by atoms with van der Waals surface area (Å²) >= 11 is 3.23. The van der Waals surface area contributed by atoms with E-state index in [1.165, 1.54) is 0 Å². The Hall–Kier alpha value is -1.000. The van der Waals surface area contributed by atoms with E-state index in [-0.39, 0.29) is 6.04 Å².